The fourth-order valence-electron chi connectivity index (χ4n) is 2.60. The van der Waals surface area contributed by atoms with Gasteiger partial charge in [-0.25, -0.2) is 9.67 Å². The van der Waals surface area contributed by atoms with Gasteiger partial charge in [0, 0.05) is 18.0 Å². The van der Waals surface area contributed by atoms with E-state index in [1.54, 1.807) is 16.8 Å². The summed E-state index contributed by atoms with van der Waals surface area (Å²) in [6, 6.07) is 6.19. The van der Waals surface area contributed by atoms with Crippen LogP contribution in [0.15, 0.2) is 29.0 Å². The second-order valence-electron chi connectivity index (χ2n) is 4.74. The third kappa shape index (κ3) is 3.04. The van der Waals surface area contributed by atoms with Gasteiger partial charge in [0.25, 0.3) is 0 Å². The zero-order chi connectivity index (χ0) is 15.0. The molecule has 112 valence electrons. The van der Waals surface area contributed by atoms with Gasteiger partial charge in [0.15, 0.2) is 0 Å². The third-order valence-electron chi connectivity index (χ3n) is 3.37. The number of ether oxygens (including phenoxy) is 1. The summed E-state index contributed by atoms with van der Waals surface area (Å²) in [5, 5.41) is 4.19. The van der Waals surface area contributed by atoms with Crippen molar-refractivity contribution in [2.45, 2.75) is 31.7 Å². The maximum absolute atomic E-state index is 12.5. The smallest absolute Gasteiger partial charge is 0.405 e. The number of aromatic nitrogens is 3. The molecule has 1 aliphatic heterocycles. The van der Waals surface area contributed by atoms with Gasteiger partial charge < -0.3 is 4.74 Å². The molecule has 8 heteroatoms. The summed E-state index contributed by atoms with van der Waals surface area (Å²) in [5.74, 6) is 0.227. The molecule has 0 bridgehead atoms. The van der Waals surface area contributed by atoms with E-state index < -0.39 is 6.36 Å². The van der Waals surface area contributed by atoms with Crippen molar-refractivity contribution in [3.63, 3.8) is 0 Å². The molecule has 1 aromatic carbocycles. The molecule has 0 radical (unpaired) electrons. The number of hydrogen-bond donors (Lipinski definition) is 0. The summed E-state index contributed by atoms with van der Waals surface area (Å²) in [6.07, 6.45) is -3.17. The molecule has 0 fully saturated rings. The minimum absolute atomic E-state index is 0.178. The van der Waals surface area contributed by atoms with Crippen LogP contribution in [0.4, 0.5) is 13.2 Å². The van der Waals surface area contributed by atoms with E-state index in [1.165, 1.54) is 12.1 Å². The monoisotopic (exact) mass is 361 g/mol. The average Bonchev–Trinajstić information content (AvgIpc) is 2.77. The Balaban J connectivity index is 2.02. The second-order valence-corrected chi connectivity index (χ2v) is 5.45. The zero-order valence-corrected chi connectivity index (χ0v) is 12.4. The van der Waals surface area contributed by atoms with Crippen LogP contribution in [0, 0.1) is 0 Å². The topological polar surface area (TPSA) is 39.9 Å². The van der Waals surface area contributed by atoms with Crippen LogP contribution in [0.3, 0.4) is 0 Å². The molecule has 1 unspecified atom stereocenters. The number of rotatable bonds is 2. The van der Waals surface area contributed by atoms with Crippen molar-refractivity contribution < 1.29 is 17.9 Å². The number of nitrogens with zero attached hydrogens (tertiary/aromatic N) is 3. The number of para-hydroxylation sites is 1. The number of fused-ring (bicyclic) bond motifs is 1. The quantitative estimate of drug-likeness (QED) is 0.815. The van der Waals surface area contributed by atoms with Gasteiger partial charge in [-0.05, 0) is 34.8 Å². The van der Waals surface area contributed by atoms with E-state index in [0.29, 0.717) is 29.1 Å². The molecule has 3 rings (SSSR count). The third-order valence-corrected chi connectivity index (χ3v) is 3.70. The van der Waals surface area contributed by atoms with Crippen molar-refractivity contribution in [1.82, 2.24) is 14.8 Å². The van der Waals surface area contributed by atoms with Crippen LogP contribution in [0.2, 0.25) is 0 Å². The van der Waals surface area contributed by atoms with Crippen LogP contribution in [-0.2, 0) is 6.54 Å². The van der Waals surface area contributed by atoms with Gasteiger partial charge in [0.05, 0.1) is 0 Å². The van der Waals surface area contributed by atoms with Crippen molar-refractivity contribution in [2.75, 3.05) is 0 Å². The Hall–Kier alpha value is -1.57. The van der Waals surface area contributed by atoms with E-state index in [0.717, 1.165) is 6.42 Å². The first-order valence-electron chi connectivity index (χ1n) is 6.39. The van der Waals surface area contributed by atoms with E-state index in [9.17, 15) is 13.2 Å². The molecule has 2 aromatic rings. The first kappa shape index (κ1) is 14.4. The molecule has 1 aliphatic rings. The Morgan fingerprint density at radius 3 is 2.81 bits per heavy atom. The number of benzene rings is 1. The van der Waals surface area contributed by atoms with Crippen LogP contribution in [0.1, 0.15) is 30.1 Å². The lowest BCUT2D eigenvalue weighted by Crippen LogP contribution is -2.21. The van der Waals surface area contributed by atoms with Crippen molar-refractivity contribution >= 4 is 15.9 Å². The SMILES string of the molecule is FC(F)(F)Oc1ccccc1C1CCCn2nc(Br)nc21. The first-order chi connectivity index (χ1) is 9.94. The predicted octanol–water partition coefficient (Wildman–Crippen LogP) is 3.86. The fraction of sp³-hybridized carbons (Fsp3) is 0.385. The van der Waals surface area contributed by atoms with E-state index >= 15 is 0 Å². The van der Waals surface area contributed by atoms with Crippen molar-refractivity contribution in [3.05, 3.63) is 40.4 Å². The largest absolute Gasteiger partial charge is 0.573 e. The molecule has 1 aromatic heterocycles. The summed E-state index contributed by atoms with van der Waals surface area (Å²) < 4.78 is 43.9. The van der Waals surface area contributed by atoms with Crippen LogP contribution in [-0.4, -0.2) is 21.1 Å². The average molecular weight is 362 g/mol. The molecule has 4 nitrogen and oxygen atoms in total. The maximum Gasteiger partial charge on any atom is 0.573 e. The van der Waals surface area contributed by atoms with E-state index in [4.69, 9.17) is 0 Å². The summed E-state index contributed by atoms with van der Waals surface area (Å²) in [5.41, 5.74) is 0.482. The summed E-state index contributed by atoms with van der Waals surface area (Å²) in [7, 11) is 0. The molecule has 0 amide bonds. The fourth-order valence-corrected chi connectivity index (χ4v) is 2.98. The van der Waals surface area contributed by atoms with Gasteiger partial charge >= 0.3 is 6.36 Å². The van der Waals surface area contributed by atoms with Gasteiger partial charge in [0.1, 0.15) is 11.6 Å². The van der Waals surface area contributed by atoms with E-state index in [1.807, 2.05) is 0 Å². The minimum atomic E-state index is -4.71. The standard InChI is InChI=1S/C13H11BrF3N3O/c14-12-18-11-9(5-3-7-20(11)19-12)8-4-1-2-6-10(8)21-13(15,16)17/h1-2,4,6,9H,3,5,7H2. The molecule has 0 aliphatic carbocycles. The summed E-state index contributed by atoms with van der Waals surface area (Å²) in [4.78, 5) is 4.28. The zero-order valence-electron chi connectivity index (χ0n) is 10.8. The molecule has 21 heavy (non-hydrogen) atoms. The summed E-state index contributed by atoms with van der Waals surface area (Å²) in [6.45, 7) is 0.715. The highest BCUT2D eigenvalue weighted by atomic mass is 79.9. The maximum atomic E-state index is 12.5. The van der Waals surface area contributed by atoms with Crippen molar-refractivity contribution in [2.24, 2.45) is 0 Å². The highest BCUT2D eigenvalue weighted by Crippen LogP contribution is 2.39. The highest BCUT2D eigenvalue weighted by molar-refractivity contribution is 9.10. The van der Waals surface area contributed by atoms with Gasteiger partial charge in [-0.15, -0.1) is 18.3 Å². The lowest BCUT2D eigenvalue weighted by atomic mass is 9.90. The Bertz CT molecular complexity index is 656. The highest BCUT2D eigenvalue weighted by Gasteiger charge is 2.34. The Kier molecular flexibility index (Phi) is 3.64. The number of alkyl halides is 3. The van der Waals surface area contributed by atoms with E-state index in [2.05, 4.69) is 30.7 Å². The number of hydrogen-bond acceptors (Lipinski definition) is 3. The molecule has 1 atom stereocenters. The first-order valence-corrected chi connectivity index (χ1v) is 7.18. The normalized spacial score (nSPS) is 18.4. The molecule has 2 heterocycles. The van der Waals surface area contributed by atoms with Gasteiger partial charge in [0.2, 0.25) is 4.73 Å². The van der Waals surface area contributed by atoms with Crippen LogP contribution in [0.25, 0.3) is 0 Å². The lowest BCUT2D eigenvalue weighted by Gasteiger charge is -2.24. The van der Waals surface area contributed by atoms with E-state index in [-0.39, 0.29) is 11.7 Å². The Labute approximate surface area is 127 Å². The van der Waals surface area contributed by atoms with Gasteiger partial charge in [-0.2, -0.15) is 0 Å². The van der Waals surface area contributed by atoms with Crippen molar-refractivity contribution in [3.8, 4) is 5.75 Å². The Morgan fingerprint density at radius 1 is 1.29 bits per heavy atom. The van der Waals surface area contributed by atoms with Crippen LogP contribution >= 0.6 is 15.9 Å². The lowest BCUT2D eigenvalue weighted by molar-refractivity contribution is -0.275. The molecular weight excluding hydrogens is 351 g/mol. The van der Waals surface area contributed by atoms with Gasteiger partial charge in [-0.1, -0.05) is 18.2 Å². The molecule has 0 spiro atoms. The molecule has 0 N–H and O–H groups in total. The van der Waals surface area contributed by atoms with Crippen LogP contribution < -0.4 is 4.74 Å². The van der Waals surface area contributed by atoms with Crippen LogP contribution in [0.5, 0.6) is 5.75 Å². The summed E-state index contributed by atoms with van der Waals surface area (Å²) >= 11 is 3.21. The minimum Gasteiger partial charge on any atom is -0.405 e. The predicted molar refractivity (Wildman–Crippen MR) is 71.9 cm³/mol. The Morgan fingerprint density at radius 2 is 2.05 bits per heavy atom. The molecular formula is C13H11BrF3N3O. The second kappa shape index (κ2) is 5.32. The van der Waals surface area contributed by atoms with Crippen molar-refractivity contribution in [1.29, 1.82) is 0 Å². The molecule has 0 saturated heterocycles. The molecule has 0 saturated carbocycles. The number of halogens is 4. The number of aryl methyl sites for hydroxylation is 1. The van der Waals surface area contributed by atoms with Gasteiger partial charge in [-0.3, -0.25) is 0 Å².